The van der Waals surface area contributed by atoms with Crippen molar-refractivity contribution >= 4 is 44.6 Å². The number of piperazine rings is 1. The average molecular weight is 345 g/mol. The summed E-state index contributed by atoms with van der Waals surface area (Å²) >= 11 is 12.8. The second-order valence-corrected chi connectivity index (χ2v) is 8.35. The van der Waals surface area contributed by atoms with Gasteiger partial charge in [-0.05, 0) is 6.07 Å². The van der Waals surface area contributed by atoms with Gasteiger partial charge in [0.2, 0.25) is 10.0 Å². The number of sulfonamides is 1. The summed E-state index contributed by atoms with van der Waals surface area (Å²) in [6, 6.07) is 1.39. The number of aliphatic hydroxyl groups excluding tert-OH is 1. The van der Waals surface area contributed by atoms with E-state index in [-0.39, 0.29) is 15.8 Å². The lowest BCUT2D eigenvalue weighted by Gasteiger charge is -2.33. The Bertz CT molecular complexity index is 539. The van der Waals surface area contributed by atoms with Crippen LogP contribution in [0.3, 0.4) is 0 Å². The Morgan fingerprint density at radius 3 is 2.37 bits per heavy atom. The van der Waals surface area contributed by atoms with Gasteiger partial charge in [0.05, 0.1) is 10.9 Å². The molecule has 1 aromatic heterocycles. The molecule has 1 aromatic rings. The molecule has 0 atom stereocenters. The van der Waals surface area contributed by atoms with Gasteiger partial charge in [-0.2, -0.15) is 4.31 Å². The zero-order chi connectivity index (χ0) is 14.0. The van der Waals surface area contributed by atoms with Gasteiger partial charge in [-0.3, -0.25) is 4.90 Å². The average Bonchev–Trinajstić information content (AvgIpc) is 2.70. The standard InChI is InChI=1S/C10H14Cl2N2O3S2/c11-9-7-8(10(12)18-9)19(16,17)14-3-1-13(2-4-14)5-6-15/h7,15H,1-6H2. The molecule has 1 aliphatic heterocycles. The molecule has 0 amide bonds. The molecule has 5 nitrogen and oxygen atoms in total. The Hall–Kier alpha value is 0.110. The predicted molar refractivity (Wildman–Crippen MR) is 76.6 cm³/mol. The third kappa shape index (κ3) is 3.41. The van der Waals surface area contributed by atoms with Crippen molar-refractivity contribution in [1.82, 2.24) is 9.21 Å². The molecule has 0 spiro atoms. The predicted octanol–water partition coefficient (Wildman–Crippen LogP) is 1.35. The quantitative estimate of drug-likeness (QED) is 0.895. The van der Waals surface area contributed by atoms with Gasteiger partial charge in [0.1, 0.15) is 9.23 Å². The third-order valence-electron chi connectivity index (χ3n) is 2.99. The number of hydrogen-bond donors (Lipinski definition) is 1. The van der Waals surface area contributed by atoms with Crippen LogP contribution in [0.1, 0.15) is 0 Å². The molecule has 1 fully saturated rings. The van der Waals surface area contributed by atoms with Crippen molar-refractivity contribution in [3.8, 4) is 0 Å². The highest BCUT2D eigenvalue weighted by Gasteiger charge is 2.31. The maximum atomic E-state index is 12.4. The van der Waals surface area contributed by atoms with Crippen LogP contribution in [0.25, 0.3) is 0 Å². The van der Waals surface area contributed by atoms with Crippen molar-refractivity contribution in [2.75, 3.05) is 39.3 Å². The fraction of sp³-hybridized carbons (Fsp3) is 0.600. The summed E-state index contributed by atoms with van der Waals surface area (Å²) in [4.78, 5) is 2.11. The van der Waals surface area contributed by atoms with E-state index in [9.17, 15) is 8.42 Å². The number of rotatable bonds is 4. The molecule has 1 N–H and O–H groups in total. The lowest BCUT2D eigenvalue weighted by molar-refractivity contribution is 0.151. The lowest BCUT2D eigenvalue weighted by Crippen LogP contribution is -2.49. The second-order valence-electron chi connectivity index (χ2n) is 4.16. The fourth-order valence-electron chi connectivity index (χ4n) is 1.98. The molecule has 1 aliphatic rings. The van der Waals surface area contributed by atoms with E-state index in [0.717, 1.165) is 11.3 Å². The van der Waals surface area contributed by atoms with Gasteiger partial charge in [-0.1, -0.05) is 23.2 Å². The SMILES string of the molecule is O=S(=O)(c1cc(Cl)sc1Cl)N1CCN(CCO)CC1. The van der Waals surface area contributed by atoms with E-state index in [4.69, 9.17) is 28.3 Å². The first kappa shape index (κ1) is 15.5. The van der Waals surface area contributed by atoms with E-state index in [1.54, 1.807) is 0 Å². The summed E-state index contributed by atoms with van der Waals surface area (Å²) in [6.07, 6.45) is 0. The molecule has 1 saturated heterocycles. The molecule has 2 rings (SSSR count). The Kier molecular flexibility index (Phi) is 5.10. The highest BCUT2D eigenvalue weighted by Crippen LogP contribution is 2.35. The van der Waals surface area contributed by atoms with E-state index in [2.05, 4.69) is 0 Å². The van der Waals surface area contributed by atoms with Crippen molar-refractivity contribution in [3.05, 3.63) is 14.7 Å². The van der Waals surface area contributed by atoms with Crippen LogP contribution in [0.5, 0.6) is 0 Å². The molecular weight excluding hydrogens is 331 g/mol. The van der Waals surface area contributed by atoms with Crippen LogP contribution >= 0.6 is 34.5 Å². The van der Waals surface area contributed by atoms with Gasteiger partial charge in [-0.15, -0.1) is 11.3 Å². The van der Waals surface area contributed by atoms with Crippen LogP contribution in [-0.4, -0.2) is 62.1 Å². The summed E-state index contributed by atoms with van der Waals surface area (Å²) in [5, 5.41) is 8.86. The van der Waals surface area contributed by atoms with Crippen molar-refractivity contribution < 1.29 is 13.5 Å². The molecule has 2 heterocycles. The number of aliphatic hydroxyl groups is 1. The van der Waals surface area contributed by atoms with E-state index in [1.165, 1.54) is 10.4 Å². The Morgan fingerprint density at radius 2 is 1.89 bits per heavy atom. The first-order valence-electron chi connectivity index (χ1n) is 5.73. The molecule has 0 aromatic carbocycles. The maximum Gasteiger partial charge on any atom is 0.245 e. The summed E-state index contributed by atoms with van der Waals surface area (Å²) in [5.74, 6) is 0. The topological polar surface area (TPSA) is 60.9 Å². The van der Waals surface area contributed by atoms with Crippen molar-refractivity contribution in [1.29, 1.82) is 0 Å². The normalized spacial score (nSPS) is 18.9. The zero-order valence-electron chi connectivity index (χ0n) is 10.1. The summed E-state index contributed by atoms with van der Waals surface area (Å²) in [5.41, 5.74) is 0. The zero-order valence-corrected chi connectivity index (χ0v) is 13.2. The highest BCUT2D eigenvalue weighted by molar-refractivity contribution is 7.89. The van der Waals surface area contributed by atoms with Gasteiger partial charge < -0.3 is 5.11 Å². The Morgan fingerprint density at radius 1 is 1.26 bits per heavy atom. The summed E-state index contributed by atoms with van der Waals surface area (Å²) < 4.78 is 26.8. The number of hydrogen-bond acceptors (Lipinski definition) is 5. The number of β-amino-alcohol motifs (C(OH)–C–C–N with tert-alkyl or cyclic N) is 1. The Labute approximate surface area is 126 Å². The summed E-state index contributed by atoms with van der Waals surface area (Å²) in [6.45, 7) is 2.65. The van der Waals surface area contributed by atoms with Crippen LogP contribution in [-0.2, 0) is 10.0 Å². The highest BCUT2D eigenvalue weighted by atomic mass is 35.5. The smallest absolute Gasteiger partial charge is 0.245 e. The molecule has 0 saturated carbocycles. The number of thiophene rings is 1. The van der Waals surface area contributed by atoms with Gasteiger partial charge in [0.25, 0.3) is 0 Å². The van der Waals surface area contributed by atoms with Crippen LogP contribution < -0.4 is 0 Å². The molecule has 0 radical (unpaired) electrons. The largest absolute Gasteiger partial charge is 0.395 e. The minimum atomic E-state index is -3.57. The van der Waals surface area contributed by atoms with Crippen LogP contribution in [0, 0.1) is 0 Å². The fourth-order valence-corrected chi connectivity index (χ4v) is 5.51. The molecule has 0 bridgehead atoms. The van der Waals surface area contributed by atoms with Gasteiger partial charge in [0.15, 0.2) is 0 Å². The van der Waals surface area contributed by atoms with Gasteiger partial charge in [-0.25, -0.2) is 8.42 Å². The Balaban J connectivity index is 2.12. The first-order chi connectivity index (χ1) is 8.95. The lowest BCUT2D eigenvalue weighted by atomic mass is 10.4. The first-order valence-corrected chi connectivity index (χ1v) is 8.74. The number of nitrogens with zero attached hydrogens (tertiary/aromatic N) is 2. The molecule has 0 aliphatic carbocycles. The van der Waals surface area contributed by atoms with Gasteiger partial charge in [0, 0.05) is 32.7 Å². The van der Waals surface area contributed by atoms with Crippen molar-refractivity contribution in [2.24, 2.45) is 0 Å². The molecular formula is C10H14Cl2N2O3S2. The maximum absolute atomic E-state index is 12.4. The van der Waals surface area contributed by atoms with E-state index in [1.807, 2.05) is 4.90 Å². The van der Waals surface area contributed by atoms with Crippen LogP contribution in [0.15, 0.2) is 11.0 Å². The molecule has 108 valence electrons. The van der Waals surface area contributed by atoms with Crippen molar-refractivity contribution in [3.63, 3.8) is 0 Å². The van der Waals surface area contributed by atoms with Gasteiger partial charge >= 0.3 is 0 Å². The third-order valence-corrected chi connectivity index (χ3v) is 6.64. The van der Waals surface area contributed by atoms with E-state index in [0.29, 0.717) is 37.1 Å². The van der Waals surface area contributed by atoms with E-state index >= 15 is 0 Å². The van der Waals surface area contributed by atoms with Crippen molar-refractivity contribution in [2.45, 2.75) is 4.90 Å². The van der Waals surface area contributed by atoms with E-state index < -0.39 is 10.0 Å². The molecule has 9 heteroatoms. The van der Waals surface area contributed by atoms with Crippen LogP contribution in [0.2, 0.25) is 8.67 Å². The molecule has 19 heavy (non-hydrogen) atoms. The minimum Gasteiger partial charge on any atom is -0.395 e. The summed E-state index contributed by atoms with van der Waals surface area (Å²) in [7, 11) is -3.57. The minimum absolute atomic E-state index is 0.0821. The van der Waals surface area contributed by atoms with Crippen LogP contribution in [0.4, 0.5) is 0 Å². The number of halogens is 2. The molecule has 0 unspecified atom stereocenters. The monoisotopic (exact) mass is 344 g/mol. The second kappa shape index (κ2) is 6.26.